The van der Waals surface area contributed by atoms with Crippen LogP contribution < -0.4 is 10.2 Å². The molecule has 1 heterocycles. The Labute approximate surface area is 151 Å². The Balaban J connectivity index is 1.73. The maximum absolute atomic E-state index is 12.6. The molecule has 1 saturated heterocycles. The summed E-state index contributed by atoms with van der Waals surface area (Å²) in [6.45, 7) is 2.29. The molecule has 1 atom stereocenters. The predicted molar refractivity (Wildman–Crippen MR) is 98.1 cm³/mol. The van der Waals surface area contributed by atoms with Gasteiger partial charge >= 0.3 is 5.97 Å². The second kappa shape index (κ2) is 7.39. The van der Waals surface area contributed by atoms with Crippen molar-refractivity contribution >= 4 is 29.2 Å². The number of carbonyl (C=O) groups excluding carboxylic acids is 3. The number of para-hydroxylation sites is 1. The lowest BCUT2D eigenvalue weighted by molar-refractivity contribution is -0.122. The summed E-state index contributed by atoms with van der Waals surface area (Å²) < 4.78 is 4.73. The second-order valence-corrected chi connectivity index (χ2v) is 6.27. The van der Waals surface area contributed by atoms with Gasteiger partial charge in [0.1, 0.15) is 0 Å². The Morgan fingerprint density at radius 3 is 2.50 bits per heavy atom. The van der Waals surface area contributed by atoms with Crippen molar-refractivity contribution in [1.82, 2.24) is 0 Å². The first-order chi connectivity index (χ1) is 12.5. The van der Waals surface area contributed by atoms with Gasteiger partial charge in [0.2, 0.25) is 11.8 Å². The lowest BCUT2D eigenvalue weighted by atomic mass is 10.1. The number of esters is 1. The Morgan fingerprint density at radius 1 is 1.12 bits per heavy atom. The number of rotatable bonds is 4. The van der Waals surface area contributed by atoms with Crippen molar-refractivity contribution in [2.75, 3.05) is 23.9 Å². The minimum absolute atomic E-state index is 0.0877. The number of aryl methyl sites for hydroxylation is 1. The molecule has 3 rings (SSSR count). The molecule has 1 fully saturated rings. The zero-order chi connectivity index (χ0) is 18.7. The standard InChI is InChI=1S/C20H20N2O4/c1-13-7-9-15(10-8-13)22-12-14(11-18(22)23)19(24)21-17-6-4-3-5-16(17)20(25)26-2/h3-10,14H,11-12H2,1-2H3,(H,21,24)/t14-/m1/s1. The molecule has 2 aromatic carbocycles. The quantitative estimate of drug-likeness (QED) is 0.859. The Hall–Kier alpha value is -3.15. The van der Waals surface area contributed by atoms with Crippen molar-refractivity contribution in [3.63, 3.8) is 0 Å². The number of anilines is 2. The molecule has 0 spiro atoms. The van der Waals surface area contributed by atoms with Gasteiger partial charge in [-0.3, -0.25) is 9.59 Å². The average molecular weight is 352 g/mol. The van der Waals surface area contributed by atoms with E-state index in [1.165, 1.54) is 7.11 Å². The average Bonchev–Trinajstić information content (AvgIpc) is 3.04. The highest BCUT2D eigenvalue weighted by atomic mass is 16.5. The second-order valence-electron chi connectivity index (χ2n) is 6.27. The fraction of sp³-hybridized carbons (Fsp3) is 0.250. The molecule has 0 aliphatic carbocycles. The van der Waals surface area contributed by atoms with E-state index in [1.54, 1.807) is 29.2 Å². The third-order valence-electron chi connectivity index (χ3n) is 4.43. The topological polar surface area (TPSA) is 75.7 Å². The first-order valence-corrected chi connectivity index (χ1v) is 8.35. The van der Waals surface area contributed by atoms with E-state index >= 15 is 0 Å². The molecule has 0 aromatic heterocycles. The molecule has 2 aromatic rings. The molecule has 1 N–H and O–H groups in total. The zero-order valence-electron chi connectivity index (χ0n) is 14.7. The van der Waals surface area contributed by atoms with E-state index < -0.39 is 11.9 Å². The lowest BCUT2D eigenvalue weighted by Gasteiger charge is -2.17. The number of hydrogen-bond donors (Lipinski definition) is 1. The minimum atomic E-state index is -0.523. The smallest absolute Gasteiger partial charge is 0.339 e. The van der Waals surface area contributed by atoms with Gasteiger partial charge in [-0.1, -0.05) is 29.8 Å². The van der Waals surface area contributed by atoms with Crippen LogP contribution in [0.3, 0.4) is 0 Å². The van der Waals surface area contributed by atoms with Gasteiger partial charge in [0.15, 0.2) is 0 Å². The molecule has 1 aliphatic heterocycles. The van der Waals surface area contributed by atoms with Crippen LogP contribution >= 0.6 is 0 Å². The van der Waals surface area contributed by atoms with Crippen LogP contribution in [0.15, 0.2) is 48.5 Å². The summed E-state index contributed by atoms with van der Waals surface area (Å²) in [6.07, 6.45) is 0.139. The van der Waals surface area contributed by atoms with Gasteiger partial charge in [-0.05, 0) is 31.2 Å². The first kappa shape index (κ1) is 17.7. The van der Waals surface area contributed by atoms with Crippen molar-refractivity contribution in [3.05, 3.63) is 59.7 Å². The van der Waals surface area contributed by atoms with Crippen molar-refractivity contribution in [2.45, 2.75) is 13.3 Å². The zero-order valence-corrected chi connectivity index (χ0v) is 14.7. The summed E-state index contributed by atoms with van der Waals surface area (Å²) in [6, 6.07) is 14.3. The predicted octanol–water partition coefficient (Wildman–Crippen LogP) is 2.77. The SMILES string of the molecule is COC(=O)c1ccccc1NC(=O)[C@@H]1CC(=O)N(c2ccc(C)cc2)C1. The highest BCUT2D eigenvalue weighted by Gasteiger charge is 2.35. The van der Waals surface area contributed by atoms with Gasteiger partial charge in [-0.2, -0.15) is 0 Å². The van der Waals surface area contributed by atoms with Crippen molar-refractivity contribution in [3.8, 4) is 0 Å². The van der Waals surface area contributed by atoms with Crippen molar-refractivity contribution in [1.29, 1.82) is 0 Å². The molecule has 26 heavy (non-hydrogen) atoms. The summed E-state index contributed by atoms with van der Waals surface area (Å²) in [5, 5.41) is 2.75. The number of carbonyl (C=O) groups is 3. The van der Waals surface area contributed by atoms with Gasteiger partial charge in [-0.25, -0.2) is 4.79 Å². The summed E-state index contributed by atoms with van der Waals surface area (Å²) >= 11 is 0. The van der Waals surface area contributed by atoms with Gasteiger partial charge in [0.05, 0.1) is 24.3 Å². The molecule has 1 aliphatic rings. The third kappa shape index (κ3) is 3.59. The molecule has 0 saturated carbocycles. The van der Waals surface area contributed by atoms with E-state index in [2.05, 4.69) is 5.32 Å². The van der Waals surface area contributed by atoms with Gasteiger partial charge in [0.25, 0.3) is 0 Å². The highest BCUT2D eigenvalue weighted by molar-refractivity contribution is 6.06. The molecule has 6 heteroatoms. The first-order valence-electron chi connectivity index (χ1n) is 8.35. The number of ether oxygens (including phenoxy) is 1. The maximum atomic E-state index is 12.6. The number of amides is 2. The fourth-order valence-corrected chi connectivity index (χ4v) is 2.97. The molecule has 6 nitrogen and oxygen atoms in total. The van der Waals surface area contributed by atoms with Crippen LogP contribution in [0.1, 0.15) is 22.3 Å². The Bertz CT molecular complexity index is 845. The van der Waals surface area contributed by atoms with Gasteiger partial charge in [-0.15, -0.1) is 0 Å². The number of nitrogens with zero attached hydrogens (tertiary/aromatic N) is 1. The van der Waals surface area contributed by atoms with E-state index in [1.807, 2.05) is 31.2 Å². The Morgan fingerprint density at radius 2 is 1.81 bits per heavy atom. The number of hydrogen-bond acceptors (Lipinski definition) is 4. The Kier molecular flexibility index (Phi) is 5.02. The fourth-order valence-electron chi connectivity index (χ4n) is 2.97. The summed E-state index contributed by atoms with van der Waals surface area (Å²) in [5.41, 5.74) is 2.55. The van der Waals surface area contributed by atoms with Crippen LogP contribution in [0.4, 0.5) is 11.4 Å². The van der Waals surface area contributed by atoms with Crippen LogP contribution in [0.2, 0.25) is 0 Å². The summed E-state index contributed by atoms with van der Waals surface area (Å²) in [4.78, 5) is 38.4. The lowest BCUT2D eigenvalue weighted by Crippen LogP contribution is -2.28. The third-order valence-corrected chi connectivity index (χ3v) is 4.43. The number of benzene rings is 2. The van der Waals surface area contributed by atoms with E-state index in [9.17, 15) is 14.4 Å². The minimum Gasteiger partial charge on any atom is -0.465 e. The van der Waals surface area contributed by atoms with Crippen LogP contribution in [0.25, 0.3) is 0 Å². The van der Waals surface area contributed by atoms with E-state index in [4.69, 9.17) is 4.74 Å². The molecule has 0 bridgehead atoms. The van der Waals surface area contributed by atoms with E-state index in [-0.39, 0.29) is 23.8 Å². The van der Waals surface area contributed by atoms with Crippen molar-refractivity contribution < 1.29 is 19.1 Å². The molecular formula is C20H20N2O4. The summed E-state index contributed by atoms with van der Waals surface area (Å²) in [7, 11) is 1.29. The molecule has 0 radical (unpaired) electrons. The van der Waals surface area contributed by atoms with Crippen LogP contribution in [0, 0.1) is 12.8 Å². The normalized spacial score (nSPS) is 16.5. The van der Waals surface area contributed by atoms with Crippen molar-refractivity contribution in [2.24, 2.45) is 5.92 Å². The molecule has 2 amide bonds. The van der Waals surface area contributed by atoms with Gasteiger partial charge in [0, 0.05) is 18.7 Å². The molecule has 134 valence electrons. The molecular weight excluding hydrogens is 332 g/mol. The van der Waals surface area contributed by atoms with Gasteiger partial charge < -0.3 is 15.0 Å². The van der Waals surface area contributed by atoms with Crippen LogP contribution in [-0.4, -0.2) is 31.4 Å². The van der Waals surface area contributed by atoms with Crippen LogP contribution in [-0.2, 0) is 14.3 Å². The van der Waals surface area contributed by atoms with Crippen LogP contribution in [0.5, 0.6) is 0 Å². The number of nitrogens with one attached hydrogen (secondary N) is 1. The monoisotopic (exact) mass is 352 g/mol. The number of methoxy groups -OCH3 is 1. The molecule has 0 unspecified atom stereocenters. The summed E-state index contributed by atoms with van der Waals surface area (Å²) in [5.74, 6) is -1.38. The largest absolute Gasteiger partial charge is 0.465 e. The van der Waals surface area contributed by atoms with E-state index in [0.717, 1.165) is 11.3 Å². The maximum Gasteiger partial charge on any atom is 0.339 e. The highest BCUT2D eigenvalue weighted by Crippen LogP contribution is 2.27. The van der Waals surface area contributed by atoms with E-state index in [0.29, 0.717) is 12.2 Å².